The highest BCUT2D eigenvalue weighted by molar-refractivity contribution is 7.22. The van der Waals surface area contributed by atoms with E-state index in [2.05, 4.69) is 4.98 Å². The number of phenolic OH excluding ortho intramolecular Hbond substituents is 1. The molecule has 2 N–H and O–H groups in total. The van der Waals surface area contributed by atoms with Gasteiger partial charge in [-0.2, -0.15) is 0 Å². The van der Waals surface area contributed by atoms with Crippen molar-refractivity contribution in [3.63, 3.8) is 0 Å². The predicted molar refractivity (Wildman–Crippen MR) is 116 cm³/mol. The zero-order chi connectivity index (χ0) is 21.7. The molecule has 6 nitrogen and oxygen atoms in total. The number of nitrogens with zero attached hydrogens (tertiary/aromatic N) is 2. The standard InChI is InChI=1S/C22H13FN2O4S2/c23-12-6-7-14-16(10-12)31-22(24-14)25-18(11-3-1-4-13(26)9-11)17(20(28)21(25)29)19(27)15-5-2-8-30-15/h1-10,18,26,28H. The maximum Gasteiger partial charge on any atom is 0.296 e. The minimum atomic E-state index is -1.00. The smallest absolute Gasteiger partial charge is 0.296 e. The van der Waals surface area contributed by atoms with E-state index in [0.29, 0.717) is 20.7 Å². The van der Waals surface area contributed by atoms with Crippen molar-refractivity contribution < 1.29 is 24.2 Å². The van der Waals surface area contributed by atoms with E-state index in [1.165, 1.54) is 46.6 Å². The van der Waals surface area contributed by atoms with Gasteiger partial charge in [0, 0.05) is 0 Å². The van der Waals surface area contributed by atoms with Crippen LogP contribution in [0.2, 0.25) is 0 Å². The van der Waals surface area contributed by atoms with Crippen molar-refractivity contribution >= 4 is 49.7 Å². The van der Waals surface area contributed by atoms with Crippen LogP contribution < -0.4 is 4.90 Å². The molecule has 0 saturated heterocycles. The summed E-state index contributed by atoms with van der Waals surface area (Å²) in [5.74, 6) is -2.42. The number of carbonyl (C=O) groups excluding carboxylic acids is 2. The first kappa shape index (κ1) is 19.4. The molecule has 0 aliphatic carbocycles. The molecule has 1 unspecified atom stereocenters. The molecule has 0 radical (unpaired) electrons. The number of aliphatic hydroxyl groups is 1. The Balaban J connectivity index is 1.70. The molecule has 0 saturated carbocycles. The number of thiophene rings is 1. The molecule has 2 aromatic carbocycles. The zero-order valence-electron chi connectivity index (χ0n) is 15.7. The second kappa shape index (κ2) is 7.29. The third kappa shape index (κ3) is 3.18. The quantitative estimate of drug-likeness (QED) is 0.426. The largest absolute Gasteiger partial charge is 0.508 e. The van der Waals surface area contributed by atoms with Crippen molar-refractivity contribution in [3.05, 3.63) is 87.6 Å². The Labute approximate surface area is 183 Å². The lowest BCUT2D eigenvalue weighted by atomic mass is 9.95. The first-order valence-corrected chi connectivity index (χ1v) is 10.8. The van der Waals surface area contributed by atoms with Gasteiger partial charge in [-0.1, -0.05) is 29.5 Å². The molecule has 4 aromatic rings. The lowest BCUT2D eigenvalue weighted by Crippen LogP contribution is -2.30. The van der Waals surface area contributed by atoms with Gasteiger partial charge in [0.1, 0.15) is 11.6 Å². The fourth-order valence-corrected chi connectivity index (χ4v) is 5.27. The number of ketones is 1. The highest BCUT2D eigenvalue weighted by Crippen LogP contribution is 2.44. The number of fused-ring (bicyclic) bond motifs is 1. The number of benzene rings is 2. The lowest BCUT2D eigenvalue weighted by molar-refractivity contribution is -0.117. The van der Waals surface area contributed by atoms with Crippen LogP contribution in [0.4, 0.5) is 9.52 Å². The Hall–Kier alpha value is -3.56. The summed E-state index contributed by atoms with van der Waals surface area (Å²) >= 11 is 2.27. The second-order valence-corrected chi connectivity index (χ2v) is 8.81. The summed E-state index contributed by atoms with van der Waals surface area (Å²) in [6.45, 7) is 0. The summed E-state index contributed by atoms with van der Waals surface area (Å²) < 4.78 is 14.2. The van der Waals surface area contributed by atoms with Gasteiger partial charge >= 0.3 is 0 Å². The van der Waals surface area contributed by atoms with Gasteiger partial charge < -0.3 is 10.2 Å². The van der Waals surface area contributed by atoms with Gasteiger partial charge in [-0.05, 0) is 47.3 Å². The highest BCUT2D eigenvalue weighted by Gasteiger charge is 2.46. The van der Waals surface area contributed by atoms with Gasteiger partial charge in [0.05, 0.1) is 26.7 Å². The third-order valence-electron chi connectivity index (χ3n) is 4.93. The Morgan fingerprint density at radius 3 is 2.68 bits per heavy atom. The van der Waals surface area contributed by atoms with Crippen LogP contribution >= 0.6 is 22.7 Å². The number of aromatic nitrogens is 1. The van der Waals surface area contributed by atoms with Crippen molar-refractivity contribution in [3.8, 4) is 5.75 Å². The van der Waals surface area contributed by atoms with Crippen LogP contribution in [0.15, 0.2) is 71.3 Å². The SMILES string of the molecule is O=C(C1=C(O)C(=O)N(c2nc3ccc(F)cc3s2)C1c1cccc(O)c1)c1cccs1. The maximum atomic E-state index is 13.7. The van der Waals surface area contributed by atoms with Crippen LogP contribution in [0.3, 0.4) is 0 Å². The molecule has 1 atom stereocenters. The molecule has 0 fully saturated rings. The average Bonchev–Trinajstić information content (AvgIpc) is 3.46. The molecule has 0 bridgehead atoms. The summed E-state index contributed by atoms with van der Waals surface area (Å²) in [6, 6.07) is 12.5. The predicted octanol–water partition coefficient (Wildman–Crippen LogP) is 4.99. The fraction of sp³-hybridized carbons (Fsp3) is 0.0455. The molecule has 154 valence electrons. The summed E-state index contributed by atoms with van der Waals surface area (Å²) in [4.78, 5) is 32.3. The van der Waals surface area contributed by atoms with Crippen LogP contribution in [0.5, 0.6) is 5.75 Å². The molecule has 1 aliphatic rings. The van der Waals surface area contributed by atoms with Gasteiger partial charge in [0.25, 0.3) is 5.91 Å². The van der Waals surface area contributed by atoms with E-state index in [1.54, 1.807) is 29.6 Å². The van der Waals surface area contributed by atoms with E-state index in [0.717, 1.165) is 11.3 Å². The summed E-state index contributed by atoms with van der Waals surface area (Å²) in [7, 11) is 0. The molecule has 9 heteroatoms. The molecule has 31 heavy (non-hydrogen) atoms. The summed E-state index contributed by atoms with van der Waals surface area (Å²) in [5, 5.41) is 22.6. The van der Waals surface area contributed by atoms with E-state index in [-0.39, 0.29) is 16.5 Å². The van der Waals surface area contributed by atoms with Gasteiger partial charge in [-0.3, -0.25) is 14.5 Å². The molecule has 1 amide bonds. The molecule has 5 rings (SSSR count). The Morgan fingerprint density at radius 2 is 1.94 bits per heavy atom. The second-order valence-electron chi connectivity index (χ2n) is 6.85. The van der Waals surface area contributed by atoms with Gasteiger partial charge in [0.15, 0.2) is 10.9 Å². The number of rotatable bonds is 4. The lowest BCUT2D eigenvalue weighted by Gasteiger charge is -2.24. The maximum absolute atomic E-state index is 13.7. The van der Waals surface area contributed by atoms with E-state index in [4.69, 9.17) is 0 Å². The van der Waals surface area contributed by atoms with Crippen LogP contribution in [0.1, 0.15) is 21.3 Å². The Morgan fingerprint density at radius 1 is 1.10 bits per heavy atom. The number of hydrogen-bond acceptors (Lipinski definition) is 7. The van der Waals surface area contributed by atoms with Crippen molar-refractivity contribution in [2.24, 2.45) is 0 Å². The molecule has 2 aromatic heterocycles. The van der Waals surface area contributed by atoms with E-state index < -0.39 is 29.3 Å². The van der Waals surface area contributed by atoms with Crippen LogP contribution in [-0.4, -0.2) is 26.9 Å². The number of Topliss-reactive ketones (excluding diaryl/α,β-unsaturated/α-hetero) is 1. The number of anilines is 1. The first-order valence-electron chi connectivity index (χ1n) is 9.14. The fourth-order valence-electron chi connectivity index (χ4n) is 3.57. The minimum absolute atomic E-state index is 0.0504. The Kier molecular flexibility index (Phi) is 4.57. The number of hydrogen-bond donors (Lipinski definition) is 2. The van der Waals surface area contributed by atoms with Gasteiger partial charge in [0.2, 0.25) is 5.78 Å². The van der Waals surface area contributed by atoms with Crippen molar-refractivity contribution in [2.75, 3.05) is 4.90 Å². The molecular weight excluding hydrogens is 439 g/mol. The average molecular weight is 452 g/mol. The number of phenols is 1. The number of aromatic hydroxyl groups is 1. The molecule has 3 heterocycles. The Bertz CT molecular complexity index is 1380. The van der Waals surface area contributed by atoms with Gasteiger partial charge in [-0.15, -0.1) is 11.3 Å². The summed E-state index contributed by atoms with van der Waals surface area (Å²) in [5.41, 5.74) is 0.826. The normalized spacial score (nSPS) is 16.5. The van der Waals surface area contributed by atoms with Gasteiger partial charge in [-0.25, -0.2) is 9.37 Å². The minimum Gasteiger partial charge on any atom is -0.508 e. The van der Waals surface area contributed by atoms with Crippen molar-refractivity contribution in [1.29, 1.82) is 0 Å². The monoisotopic (exact) mass is 452 g/mol. The molecular formula is C22H13FN2O4S2. The highest BCUT2D eigenvalue weighted by atomic mass is 32.1. The number of thiazole rings is 1. The number of halogens is 1. The number of carbonyl (C=O) groups is 2. The van der Waals surface area contributed by atoms with Crippen LogP contribution in [0, 0.1) is 5.82 Å². The number of amides is 1. The summed E-state index contributed by atoms with van der Waals surface area (Å²) in [6.07, 6.45) is 0. The molecule has 0 spiro atoms. The number of aliphatic hydroxyl groups excluding tert-OH is 1. The zero-order valence-corrected chi connectivity index (χ0v) is 17.3. The van der Waals surface area contributed by atoms with E-state index in [9.17, 15) is 24.2 Å². The van der Waals surface area contributed by atoms with Crippen molar-refractivity contribution in [2.45, 2.75) is 6.04 Å². The third-order valence-corrected chi connectivity index (χ3v) is 6.82. The first-order chi connectivity index (χ1) is 14.9. The van der Waals surface area contributed by atoms with Crippen molar-refractivity contribution in [1.82, 2.24) is 4.98 Å². The molecule has 1 aliphatic heterocycles. The topological polar surface area (TPSA) is 90.7 Å². The van der Waals surface area contributed by atoms with E-state index >= 15 is 0 Å². The van der Waals surface area contributed by atoms with Crippen LogP contribution in [-0.2, 0) is 4.79 Å². The van der Waals surface area contributed by atoms with Crippen LogP contribution in [0.25, 0.3) is 10.2 Å². The van der Waals surface area contributed by atoms with E-state index in [1.807, 2.05) is 0 Å².